The fourth-order valence-corrected chi connectivity index (χ4v) is 3.19. The number of anilines is 1. The molecule has 0 bridgehead atoms. The average Bonchev–Trinajstić information content (AvgIpc) is 3.21. The van der Waals surface area contributed by atoms with Gasteiger partial charge in [0.15, 0.2) is 11.5 Å². The second-order valence-electron chi connectivity index (χ2n) is 6.75. The van der Waals surface area contributed by atoms with Gasteiger partial charge in [0.1, 0.15) is 5.69 Å². The first kappa shape index (κ1) is 20.7. The number of aromatic nitrogens is 5. The maximum absolute atomic E-state index is 13.7. The number of pyridine rings is 1. The predicted molar refractivity (Wildman–Crippen MR) is 105 cm³/mol. The Bertz CT molecular complexity index is 1140. The molecule has 160 valence electrons. The Balaban J connectivity index is 1.88. The molecule has 4 rings (SSSR count). The molecule has 1 aliphatic heterocycles. The second kappa shape index (κ2) is 8.26. The highest BCUT2D eigenvalue weighted by atomic mass is 19.4. The molecule has 0 spiro atoms. The Kier molecular flexibility index (Phi) is 5.51. The van der Waals surface area contributed by atoms with Crippen LogP contribution in [0.3, 0.4) is 0 Å². The fraction of sp³-hybridized carbons (Fsp3) is 0.250. The van der Waals surface area contributed by atoms with Crippen molar-refractivity contribution >= 4 is 17.3 Å². The Hall–Kier alpha value is -3.60. The van der Waals surface area contributed by atoms with E-state index in [2.05, 4.69) is 25.4 Å². The summed E-state index contributed by atoms with van der Waals surface area (Å²) in [6.45, 7) is 1.85. The SMILES string of the molecule is CC(=O)Nc1ncc(-c2cnccn2)cc1-n1cc(C2=CCOCC2)c(C(F)(F)F)n1. The molecule has 0 unspecified atom stereocenters. The molecule has 0 radical (unpaired) electrons. The minimum Gasteiger partial charge on any atom is -0.377 e. The first-order valence-electron chi connectivity index (χ1n) is 9.31. The summed E-state index contributed by atoms with van der Waals surface area (Å²) in [4.78, 5) is 24.0. The summed E-state index contributed by atoms with van der Waals surface area (Å²) in [5.74, 6) is -0.347. The number of ether oxygens (including phenoxy) is 1. The van der Waals surface area contributed by atoms with Crippen LogP contribution in [0.25, 0.3) is 22.5 Å². The molecule has 1 N–H and O–H groups in total. The summed E-state index contributed by atoms with van der Waals surface area (Å²) in [6, 6.07) is 1.55. The fourth-order valence-electron chi connectivity index (χ4n) is 3.19. The lowest BCUT2D eigenvalue weighted by molar-refractivity contribution is -0.141. The van der Waals surface area contributed by atoms with E-state index in [4.69, 9.17) is 4.74 Å². The highest BCUT2D eigenvalue weighted by Gasteiger charge is 2.38. The van der Waals surface area contributed by atoms with E-state index in [9.17, 15) is 18.0 Å². The summed E-state index contributed by atoms with van der Waals surface area (Å²) in [7, 11) is 0. The molecule has 3 aromatic heterocycles. The molecule has 0 saturated carbocycles. The van der Waals surface area contributed by atoms with Gasteiger partial charge in [0.25, 0.3) is 0 Å². The minimum atomic E-state index is -4.66. The number of hydrogen-bond donors (Lipinski definition) is 1. The van der Waals surface area contributed by atoms with Crippen LogP contribution in [0, 0.1) is 0 Å². The molecule has 0 saturated heterocycles. The van der Waals surface area contributed by atoms with E-state index < -0.39 is 17.8 Å². The van der Waals surface area contributed by atoms with E-state index in [1.165, 1.54) is 37.9 Å². The molecule has 11 heteroatoms. The Morgan fingerprint density at radius 3 is 2.71 bits per heavy atom. The standard InChI is InChI=1S/C20H17F3N6O2/c1-12(30)27-19-17(8-14(9-26-19)16-10-24-4-5-25-16)29-11-15(13-2-6-31-7-3-13)18(28-29)20(21,22)23/h2,4-5,8-11H,3,6-7H2,1H3,(H,26,27,30). The van der Waals surface area contributed by atoms with Crippen molar-refractivity contribution in [3.63, 3.8) is 0 Å². The number of alkyl halides is 3. The van der Waals surface area contributed by atoms with E-state index in [-0.39, 0.29) is 23.7 Å². The van der Waals surface area contributed by atoms with Crippen molar-refractivity contribution in [2.75, 3.05) is 18.5 Å². The van der Waals surface area contributed by atoms with Gasteiger partial charge in [-0.05, 0) is 18.1 Å². The summed E-state index contributed by atoms with van der Waals surface area (Å²) in [5, 5.41) is 6.35. The van der Waals surface area contributed by atoms with Crippen molar-refractivity contribution < 1.29 is 22.7 Å². The molecular formula is C20H17F3N6O2. The van der Waals surface area contributed by atoms with Crippen LogP contribution in [0.4, 0.5) is 19.0 Å². The van der Waals surface area contributed by atoms with Crippen molar-refractivity contribution in [3.05, 3.63) is 54.4 Å². The molecule has 1 amide bonds. The summed E-state index contributed by atoms with van der Waals surface area (Å²) in [6.07, 6.45) is 4.53. The van der Waals surface area contributed by atoms with Crippen LogP contribution in [0.2, 0.25) is 0 Å². The zero-order valence-corrected chi connectivity index (χ0v) is 16.3. The van der Waals surface area contributed by atoms with Gasteiger partial charge in [-0.15, -0.1) is 0 Å². The van der Waals surface area contributed by atoms with Gasteiger partial charge in [0.2, 0.25) is 5.91 Å². The minimum absolute atomic E-state index is 0.0329. The number of halogens is 3. The number of rotatable bonds is 4. The topological polar surface area (TPSA) is 94.8 Å². The summed E-state index contributed by atoms with van der Waals surface area (Å²) >= 11 is 0. The molecule has 1 aliphatic rings. The van der Waals surface area contributed by atoms with Crippen LogP contribution in [0.1, 0.15) is 24.6 Å². The van der Waals surface area contributed by atoms with Gasteiger partial charge < -0.3 is 10.1 Å². The van der Waals surface area contributed by atoms with Crippen LogP contribution in [0.5, 0.6) is 0 Å². The van der Waals surface area contributed by atoms with E-state index >= 15 is 0 Å². The van der Waals surface area contributed by atoms with E-state index in [0.29, 0.717) is 29.9 Å². The maximum Gasteiger partial charge on any atom is 0.435 e. The van der Waals surface area contributed by atoms with Crippen molar-refractivity contribution in [2.24, 2.45) is 0 Å². The highest BCUT2D eigenvalue weighted by molar-refractivity contribution is 5.90. The van der Waals surface area contributed by atoms with E-state index in [1.807, 2.05) is 0 Å². The lowest BCUT2D eigenvalue weighted by Gasteiger charge is -2.14. The maximum atomic E-state index is 13.7. The molecule has 3 aromatic rings. The van der Waals surface area contributed by atoms with Crippen LogP contribution in [-0.2, 0) is 15.7 Å². The average molecular weight is 430 g/mol. The zero-order chi connectivity index (χ0) is 22.0. The van der Waals surface area contributed by atoms with E-state index in [1.54, 1.807) is 12.1 Å². The van der Waals surface area contributed by atoms with Crippen molar-refractivity contribution in [3.8, 4) is 16.9 Å². The van der Waals surface area contributed by atoms with Gasteiger partial charge >= 0.3 is 6.18 Å². The van der Waals surface area contributed by atoms with Gasteiger partial charge in [-0.2, -0.15) is 18.3 Å². The third kappa shape index (κ3) is 4.45. The normalized spacial score (nSPS) is 14.3. The van der Waals surface area contributed by atoms with Crippen LogP contribution >= 0.6 is 0 Å². The zero-order valence-electron chi connectivity index (χ0n) is 16.3. The first-order valence-corrected chi connectivity index (χ1v) is 9.31. The number of nitrogens with zero attached hydrogens (tertiary/aromatic N) is 5. The smallest absolute Gasteiger partial charge is 0.377 e. The van der Waals surface area contributed by atoms with Crippen LogP contribution < -0.4 is 5.32 Å². The highest BCUT2D eigenvalue weighted by Crippen LogP contribution is 2.37. The Morgan fingerprint density at radius 2 is 2.06 bits per heavy atom. The van der Waals surface area contributed by atoms with E-state index in [0.717, 1.165) is 4.68 Å². The largest absolute Gasteiger partial charge is 0.435 e. The Labute approximate surface area is 174 Å². The van der Waals surface area contributed by atoms with Crippen molar-refractivity contribution in [2.45, 2.75) is 19.5 Å². The predicted octanol–water partition coefficient (Wildman–Crippen LogP) is 3.51. The summed E-state index contributed by atoms with van der Waals surface area (Å²) < 4.78 is 47.5. The van der Waals surface area contributed by atoms with Gasteiger partial charge in [0.05, 0.1) is 25.1 Å². The number of nitrogens with one attached hydrogen (secondary N) is 1. The molecule has 0 aliphatic carbocycles. The molecular weight excluding hydrogens is 413 g/mol. The lowest BCUT2D eigenvalue weighted by Crippen LogP contribution is -2.13. The van der Waals surface area contributed by atoms with Gasteiger partial charge in [0, 0.05) is 42.8 Å². The van der Waals surface area contributed by atoms with Gasteiger partial charge in [-0.25, -0.2) is 9.67 Å². The van der Waals surface area contributed by atoms with Crippen molar-refractivity contribution in [1.29, 1.82) is 0 Å². The molecule has 0 aromatic carbocycles. The number of hydrogen-bond acceptors (Lipinski definition) is 6. The number of carbonyl (C=O) groups is 1. The first-order chi connectivity index (χ1) is 14.8. The van der Waals surface area contributed by atoms with Gasteiger partial charge in [-0.3, -0.25) is 14.8 Å². The lowest BCUT2D eigenvalue weighted by atomic mass is 10.0. The monoisotopic (exact) mass is 430 g/mol. The van der Waals surface area contributed by atoms with Gasteiger partial charge in [-0.1, -0.05) is 6.08 Å². The van der Waals surface area contributed by atoms with Crippen molar-refractivity contribution in [1.82, 2.24) is 24.7 Å². The number of carbonyl (C=O) groups excluding carboxylic acids is 1. The quantitative estimate of drug-likeness (QED) is 0.681. The number of amides is 1. The van der Waals surface area contributed by atoms with Crippen LogP contribution in [-0.4, -0.2) is 43.9 Å². The van der Waals surface area contributed by atoms with Crippen LogP contribution in [0.15, 0.2) is 43.1 Å². The third-order valence-electron chi connectivity index (χ3n) is 4.56. The second-order valence-corrected chi connectivity index (χ2v) is 6.75. The molecule has 8 nitrogen and oxygen atoms in total. The molecule has 4 heterocycles. The third-order valence-corrected chi connectivity index (χ3v) is 4.56. The molecule has 0 atom stereocenters. The molecule has 0 fully saturated rings. The molecule has 31 heavy (non-hydrogen) atoms. The Morgan fingerprint density at radius 1 is 1.23 bits per heavy atom. The summed E-state index contributed by atoms with van der Waals surface area (Å²) in [5.41, 5.74) is 0.606.